The van der Waals surface area contributed by atoms with Gasteiger partial charge in [-0.05, 0) is 27.7 Å². The Balaban J connectivity index is 0.00000441. The average Bonchev–Trinajstić information content (AvgIpc) is 2.81. The molecule has 1 aromatic rings. The lowest BCUT2D eigenvalue weighted by Gasteiger charge is -2.19. The van der Waals surface area contributed by atoms with E-state index < -0.39 is 5.41 Å². The Bertz CT molecular complexity index is 501. The largest absolute Gasteiger partial charge is 0.369 e. The second-order valence-corrected chi connectivity index (χ2v) is 6.54. The SMILES string of the molecule is CCNC(=NCC(C)(C)C(N)=O)NCCc1csc(C)n1.I. The molecular weight excluding hydrogens is 413 g/mol. The number of hydrogen-bond acceptors (Lipinski definition) is 4. The van der Waals surface area contributed by atoms with Gasteiger partial charge in [0, 0.05) is 24.9 Å². The van der Waals surface area contributed by atoms with Gasteiger partial charge in [0.25, 0.3) is 0 Å². The first-order chi connectivity index (χ1) is 9.85. The van der Waals surface area contributed by atoms with Gasteiger partial charge in [0.05, 0.1) is 22.7 Å². The summed E-state index contributed by atoms with van der Waals surface area (Å²) in [5, 5.41) is 9.54. The van der Waals surface area contributed by atoms with E-state index in [0.717, 1.165) is 30.2 Å². The number of thiazole rings is 1. The van der Waals surface area contributed by atoms with Gasteiger partial charge in [-0.1, -0.05) is 0 Å². The maximum Gasteiger partial charge on any atom is 0.224 e. The second-order valence-electron chi connectivity index (χ2n) is 5.48. The van der Waals surface area contributed by atoms with Crippen LogP contribution in [0, 0.1) is 12.3 Å². The summed E-state index contributed by atoms with van der Waals surface area (Å²) in [6, 6.07) is 0. The minimum Gasteiger partial charge on any atom is -0.369 e. The van der Waals surface area contributed by atoms with Crippen LogP contribution in [-0.4, -0.2) is 36.5 Å². The van der Waals surface area contributed by atoms with Crippen LogP contribution in [-0.2, 0) is 11.2 Å². The molecule has 0 aliphatic rings. The fourth-order valence-corrected chi connectivity index (χ4v) is 2.18. The number of primary amides is 1. The van der Waals surface area contributed by atoms with Gasteiger partial charge in [-0.2, -0.15) is 0 Å². The molecule has 4 N–H and O–H groups in total. The standard InChI is InChI=1S/C14H25N5OS.HI/c1-5-16-13(18-9-14(3,4)12(15)20)17-7-6-11-8-21-10(2)19-11;/h8H,5-7,9H2,1-4H3,(H2,15,20)(H2,16,17,18);1H. The van der Waals surface area contributed by atoms with E-state index in [0.29, 0.717) is 12.5 Å². The van der Waals surface area contributed by atoms with Crippen LogP contribution in [0.4, 0.5) is 0 Å². The van der Waals surface area contributed by atoms with E-state index >= 15 is 0 Å². The second kappa shape index (κ2) is 9.98. The van der Waals surface area contributed by atoms with Crippen LogP contribution in [0.3, 0.4) is 0 Å². The van der Waals surface area contributed by atoms with Gasteiger partial charge in [0.2, 0.25) is 5.91 Å². The number of carbonyl (C=O) groups is 1. The summed E-state index contributed by atoms with van der Waals surface area (Å²) in [6.45, 7) is 9.44. The number of aliphatic imine (C=N–C) groups is 1. The molecule has 0 radical (unpaired) electrons. The number of nitrogens with zero attached hydrogens (tertiary/aromatic N) is 2. The molecule has 0 unspecified atom stereocenters. The summed E-state index contributed by atoms with van der Waals surface area (Å²) in [5.74, 6) is 0.346. The van der Waals surface area contributed by atoms with Crippen molar-refractivity contribution >= 4 is 47.2 Å². The maximum atomic E-state index is 11.3. The van der Waals surface area contributed by atoms with Gasteiger partial charge in [-0.25, -0.2) is 4.98 Å². The molecule has 0 atom stereocenters. The minimum atomic E-state index is -0.644. The summed E-state index contributed by atoms with van der Waals surface area (Å²) < 4.78 is 0. The molecule has 8 heteroatoms. The highest BCUT2D eigenvalue weighted by Gasteiger charge is 2.24. The number of amides is 1. The monoisotopic (exact) mass is 439 g/mol. The molecule has 0 aliphatic heterocycles. The van der Waals surface area contributed by atoms with Gasteiger partial charge < -0.3 is 16.4 Å². The molecular formula is C14H26IN5OS. The predicted octanol–water partition coefficient (Wildman–Crippen LogP) is 1.68. The molecule has 1 amide bonds. The number of carbonyl (C=O) groups excluding carboxylic acids is 1. The molecule has 6 nitrogen and oxygen atoms in total. The Morgan fingerprint density at radius 1 is 1.45 bits per heavy atom. The van der Waals surface area contributed by atoms with Gasteiger partial charge in [-0.15, -0.1) is 35.3 Å². The fraction of sp³-hybridized carbons (Fsp3) is 0.643. The highest BCUT2D eigenvalue weighted by Crippen LogP contribution is 2.13. The molecule has 1 heterocycles. The van der Waals surface area contributed by atoms with E-state index in [4.69, 9.17) is 5.73 Å². The third-order valence-electron chi connectivity index (χ3n) is 2.98. The van der Waals surface area contributed by atoms with Gasteiger partial charge in [0.15, 0.2) is 5.96 Å². The van der Waals surface area contributed by atoms with Crippen molar-refractivity contribution in [3.8, 4) is 0 Å². The molecule has 22 heavy (non-hydrogen) atoms. The van der Waals surface area contributed by atoms with Crippen molar-refractivity contribution in [3.63, 3.8) is 0 Å². The van der Waals surface area contributed by atoms with Crippen molar-refractivity contribution in [2.45, 2.75) is 34.1 Å². The smallest absolute Gasteiger partial charge is 0.224 e. The van der Waals surface area contributed by atoms with Crippen molar-refractivity contribution in [2.75, 3.05) is 19.6 Å². The van der Waals surface area contributed by atoms with Gasteiger partial charge in [0.1, 0.15) is 0 Å². The topological polar surface area (TPSA) is 92.4 Å². The third-order valence-corrected chi connectivity index (χ3v) is 3.81. The Morgan fingerprint density at radius 2 is 2.14 bits per heavy atom. The van der Waals surface area contributed by atoms with Crippen LogP contribution in [0.15, 0.2) is 10.4 Å². The average molecular weight is 439 g/mol. The van der Waals surface area contributed by atoms with Crippen molar-refractivity contribution in [1.29, 1.82) is 0 Å². The van der Waals surface area contributed by atoms with E-state index in [9.17, 15) is 4.79 Å². The van der Waals surface area contributed by atoms with E-state index in [1.165, 1.54) is 0 Å². The van der Waals surface area contributed by atoms with Crippen molar-refractivity contribution in [1.82, 2.24) is 15.6 Å². The summed E-state index contributed by atoms with van der Waals surface area (Å²) in [7, 11) is 0. The van der Waals surface area contributed by atoms with Crippen molar-refractivity contribution < 1.29 is 4.79 Å². The van der Waals surface area contributed by atoms with Gasteiger partial charge in [-0.3, -0.25) is 9.79 Å². The molecule has 0 saturated carbocycles. The Labute approximate surface area is 153 Å². The van der Waals surface area contributed by atoms with E-state index in [2.05, 4.69) is 26.0 Å². The van der Waals surface area contributed by atoms with Gasteiger partial charge >= 0.3 is 0 Å². The summed E-state index contributed by atoms with van der Waals surface area (Å²) >= 11 is 1.65. The molecule has 0 aliphatic carbocycles. The van der Waals surface area contributed by atoms with Crippen LogP contribution >= 0.6 is 35.3 Å². The number of guanidine groups is 1. The van der Waals surface area contributed by atoms with Crippen LogP contribution in [0.1, 0.15) is 31.5 Å². The van der Waals surface area contributed by atoms with Crippen LogP contribution in [0.2, 0.25) is 0 Å². The predicted molar refractivity (Wildman–Crippen MR) is 103 cm³/mol. The maximum absolute atomic E-state index is 11.3. The molecule has 0 aromatic carbocycles. The molecule has 0 fully saturated rings. The lowest BCUT2D eigenvalue weighted by atomic mass is 9.93. The zero-order valence-electron chi connectivity index (χ0n) is 13.6. The molecule has 1 aromatic heterocycles. The highest BCUT2D eigenvalue weighted by atomic mass is 127. The van der Waals surface area contributed by atoms with Crippen molar-refractivity contribution in [3.05, 3.63) is 16.1 Å². The van der Waals surface area contributed by atoms with Crippen LogP contribution in [0.5, 0.6) is 0 Å². The number of rotatable bonds is 7. The molecule has 1 rings (SSSR count). The Kier molecular flexibility index (Phi) is 9.58. The van der Waals surface area contributed by atoms with E-state index in [1.807, 2.05) is 13.8 Å². The summed E-state index contributed by atoms with van der Waals surface area (Å²) in [6.07, 6.45) is 0.841. The summed E-state index contributed by atoms with van der Waals surface area (Å²) in [4.78, 5) is 20.1. The molecule has 0 saturated heterocycles. The number of aryl methyl sites for hydroxylation is 1. The third kappa shape index (κ3) is 7.39. The lowest BCUT2D eigenvalue weighted by molar-refractivity contribution is -0.125. The number of nitrogens with one attached hydrogen (secondary N) is 2. The lowest BCUT2D eigenvalue weighted by Crippen LogP contribution is -2.40. The Hall–Kier alpha value is -0.900. The number of aromatic nitrogens is 1. The molecule has 0 bridgehead atoms. The number of nitrogens with two attached hydrogens (primary N) is 1. The van der Waals surface area contributed by atoms with E-state index in [1.54, 1.807) is 25.2 Å². The number of hydrogen-bond donors (Lipinski definition) is 3. The normalized spacial score (nSPS) is 11.7. The first-order valence-electron chi connectivity index (χ1n) is 7.08. The van der Waals surface area contributed by atoms with Crippen molar-refractivity contribution in [2.24, 2.45) is 16.1 Å². The first-order valence-corrected chi connectivity index (χ1v) is 7.96. The van der Waals surface area contributed by atoms with Crippen LogP contribution < -0.4 is 16.4 Å². The molecule has 0 spiro atoms. The highest BCUT2D eigenvalue weighted by molar-refractivity contribution is 14.0. The zero-order chi connectivity index (χ0) is 15.9. The van der Waals surface area contributed by atoms with E-state index in [-0.39, 0.29) is 29.9 Å². The zero-order valence-corrected chi connectivity index (χ0v) is 16.7. The van der Waals surface area contributed by atoms with Crippen LogP contribution in [0.25, 0.3) is 0 Å². The molecule has 126 valence electrons. The quantitative estimate of drug-likeness (QED) is 0.343. The number of halogens is 1. The summed E-state index contributed by atoms with van der Waals surface area (Å²) in [5.41, 5.74) is 5.79. The fourth-order valence-electron chi connectivity index (χ4n) is 1.53. The minimum absolute atomic E-state index is 0. The first kappa shape index (κ1) is 21.1. The Morgan fingerprint density at radius 3 is 2.64 bits per heavy atom.